The maximum Gasteiger partial charge on any atom is 0.271 e. The molecule has 0 spiro atoms. The monoisotopic (exact) mass is 302 g/mol. The van der Waals surface area contributed by atoms with Gasteiger partial charge < -0.3 is 0 Å². The normalized spacial score (nSPS) is 12.0. The van der Waals surface area contributed by atoms with E-state index in [1.54, 1.807) is 18.2 Å². The highest BCUT2D eigenvalue weighted by Crippen LogP contribution is 2.05. The summed E-state index contributed by atoms with van der Waals surface area (Å²) < 4.78 is 0. The maximum absolute atomic E-state index is 12.0. The summed E-state index contributed by atoms with van der Waals surface area (Å²) in [5.74, 6) is -0.702. The molecule has 1 aromatic carbocycles. The Morgan fingerprint density at radius 3 is 1.68 bits per heavy atom. The molecule has 0 fully saturated rings. The van der Waals surface area contributed by atoms with Gasteiger partial charge in [-0.25, -0.2) is 10.9 Å². The quantitative estimate of drug-likeness (QED) is 0.625. The summed E-state index contributed by atoms with van der Waals surface area (Å²) in [5, 5.41) is 7.92. The van der Waals surface area contributed by atoms with Crippen LogP contribution in [0.25, 0.3) is 0 Å². The van der Waals surface area contributed by atoms with E-state index >= 15 is 0 Å². The lowest BCUT2D eigenvalue weighted by Crippen LogP contribution is -2.22. The van der Waals surface area contributed by atoms with Crippen LogP contribution in [0.4, 0.5) is 0 Å². The van der Waals surface area contributed by atoms with Crippen LogP contribution in [0.3, 0.4) is 0 Å². The second-order valence-electron chi connectivity index (χ2n) is 4.86. The molecule has 22 heavy (non-hydrogen) atoms. The first-order chi connectivity index (χ1) is 10.5. The lowest BCUT2D eigenvalue weighted by atomic mass is 10.1. The fourth-order valence-electron chi connectivity index (χ4n) is 1.38. The van der Waals surface area contributed by atoms with Gasteiger partial charge in [0, 0.05) is 22.6 Å². The first-order valence-corrected chi connectivity index (χ1v) is 7.25. The van der Waals surface area contributed by atoms with Gasteiger partial charge in [0.05, 0.1) is 0 Å². The summed E-state index contributed by atoms with van der Waals surface area (Å²) in [6.07, 6.45) is 1.52. The van der Waals surface area contributed by atoms with E-state index in [-0.39, 0.29) is 11.8 Å². The lowest BCUT2D eigenvalue weighted by Gasteiger charge is -2.05. The zero-order chi connectivity index (χ0) is 16.5. The van der Waals surface area contributed by atoms with Crippen LogP contribution in [0.1, 0.15) is 61.3 Å². The van der Waals surface area contributed by atoms with Crippen molar-refractivity contribution >= 4 is 23.2 Å². The summed E-state index contributed by atoms with van der Waals surface area (Å²) in [5.41, 5.74) is 7.32. The third kappa shape index (κ3) is 5.47. The SMILES string of the molecule is CC/C(C)=N\NC(=O)c1cccc(C(=O)N/N=C(\C)CC)c1. The Balaban J connectivity index is 2.81. The zero-order valence-corrected chi connectivity index (χ0v) is 13.4. The smallest absolute Gasteiger partial charge is 0.267 e. The molecule has 0 saturated heterocycles. The number of carbonyl (C=O) groups is 2. The molecule has 0 atom stereocenters. The van der Waals surface area contributed by atoms with Crippen LogP contribution in [0.15, 0.2) is 34.5 Å². The standard InChI is InChI=1S/C16H22N4O2/c1-5-11(3)17-19-15(21)13-8-7-9-14(10-13)16(22)20-18-12(4)6-2/h7-10H,5-6H2,1-4H3,(H,19,21)(H,20,22)/b17-11-,18-12+. The number of hydrogen-bond donors (Lipinski definition) is 2. The van der Waals surface area contributed by atoms with Gasteiger partial charge in [-0.15, -0.1) is 0 Å². The summed E-state index contributed by atoms with van der Waals surface area (Å²) >= 11 is 0. The number of nitrogens with one attached hydrogen (secondary N) is 2. The topological polar surface area (TPSA) is 82.9 Å². The van der Waals surface area contributed by atoms with E-state index in [0.717, 1.165) is 24.3 Å². The molecule has 0 aliphatic carbocycles. The summed E-state index contributed by atoms with van der Waals surface area (Å²) in [6.45, 7) is 7.57. The van der Waals surface area contributed by atoms with E-state index in [9.17, 15) is 9.59 Å². The number of benzene rings is 1. The van der Waals surface area contributed by atoms with Gasteiger partial charge in [0.2, 0.25) is 0 Å². The van der Waals surface area contributed by atoms with Crippen LogP contribution < -0.4 is 10.9 Å². The Morgan fingerprint density at radius 1 is 0.909 bits per heavy atom. The van der Waals surface area contributed by atoms with E-state index in [1.807, 2.05) is 27.7 Å². The summed E-state index contributed by atoms with van der Waals surface area (Å²) in [7, 11) is 0. The number of nitrogens with zero attached hydrogens (tertiary/aromatic N) is 2. The number of carbonyl (C=O) groups excluding carboxylic acids is 2. The zero-order valence-electron chi connectivity index (χ0n) is 13.4. The van der Waals surface area contributed by atoms with Crippen molar-refractivity contribution < 1.29 is 9.59 Å². The first kappa shape index (κ1) is 17.6. The molecule has 0 saturated carbocycles. The van der Waals surface area contributed by atoms with Crippen molar-refractivity contribution in [3.63, 3.8) is 0 Å². The third-order valence-corrected chi connectivity index (χ3v) is 3.11. The van der Waals surface area contributed by atoms with Crippen LogP contribution >= 0.6 is 0 Å². The van der Waals surface area contributed by atoms with Crippen molar-refractivity contribution in [3.8, 4) is 0 Å². The van der Waals surface area contributed by atoms with Crippen LogP contribution in [-0.4, -0.2) is 23.2 Å². The average molecular weight is 302 g/mol. The number of hydrazone groups is 2. The molecule has 0 aliphatic heterocycles. The molecule has 6 nitrogen and oxygen atoms in total. The van der Waals surface area contributed by atoms with Gasteiger partial charge in [-0.1, -0.05) is 19.9 Å². The minimum atomic E-state index is -0.351. The van der Waals surface area contributed by atoms with Crippen LogP contribution in [0.2, 0.25) is 0 Å². The molecule has 0 aromatic heterocycles. The van der Waals surface area contributed by atoms with E-state index in [2.05, 4.69) is 21.1 Å². The van der Waals surface area contributed by atoms with Gasteiger partial charge in [0.1, 0.15) is 0 Å². The van der Waals surface area contributed by atoms with E-state index in [1.165, 1.54) is 6.07 Å². The van der Waals surface area contributed by atoms with Crippen molar-refractivity contribution in [1.29, 1.82) is 0 Å². The molecule has 0 bridgehead atoms. The largest absolute Gasteiger partial charge is 0.271 e. The molecule has 0 radical (unpaired) electrons. The van der Waals surface area contributed by atoms with Crippen molar-refractivity contribution in [2.75, 3.05) is 0 Å². The first-order valence-electron chi connectivity index (χ1n) is 7.25. The number of hydrogen-bond acceptors (Lipinski definition) is 4. The molecule has 1 aromatic rings. The highest BCUT2D eigenvalue weighted by molar-refractivity contribution is 6.00. The Morgan fingerprint density at radius 2 is 1.32 bits per heavy atom. The molecule has 0 aliphatic rings. The molecule has 118 valence electrons. The minimum absolute atomic E-state index is 0.351. The molecular weight excluding hydrogens is 280 g/mol. The predicted molar refractivity (Wildman–Crippen MR) is 88.2 cm³/mol. The fraction of sp³-hybridized carbons (Fsp3) is 0.375. The lowest BCUT2D eigenvalue weighted by molar-refractivity contribution is 0.0954. The highest BCUT2D eigenvalue weighted by Gasteiger charge is 2.09. The van der Waals surface area contributed by atoms with Crippen LogP contribution in [-0.2, 0) is 0 Å². The molecule has 0 heterocycles. The molecule has 1 rings (SSSR count). The number of rotatable bonds is 6. The highest BCUT2D eigenvalue weighted by atomic mass is 16.2. The van der Waals surface area contributed by atoms with Crippen LogP contribution in [0, 0.1) is 0 Å². The van der Waals surface area contributed by atoms with Crippen molar-refractivity contribution in [3.05, 3.63) is 35.4 Å². The molecule has 0 unspecified atom stereocenters. The fourth-order valence-corrected chi connectivity index (χ4v) is 1.38. The van der Waals surface area contributed by atoms with Crippen molar-refractivity contribution in [1.82, 2.24) is 10.9 Å². The van der Waals surface area contributed by atoms with Gasteiger partial charge in [0.25, 0.3) is 11.8 Å². The average Bonchev–Trinajstić information content (AvgIpc) is 2.56. The summed E-state index contributed by atoms with van der Waals surface area (Å²) in [6, 6.07) is 6.42. The summed E-state index contributed by atoms with van der Waals surface area (Å²) in [4.78, 5) is 23.9. The van der Waals surface area contributed by atoms with Crippen molar-refractivity contribution in [2.24, 2.45) is 10.2 Å². The van der Waals surface area contributed by atoms with Crippen molar-refractivity contribution in [2.45, 2.75) is 40.5 Å². The van der Waals surface area contributed by atoms with Gasteiger partial charge in [-0.3, -0.25) is 9.59 Å². The molecular formula is C16H22N4O2. The van der Waals surface area contributed by atoms with E-state index in [0.29, 0.717) is 11.1 Å². The second-order valence-corrected chi connectivity index (χ2v) is 4.86. The Kier molecular flexibility index (Phi) is 6.95. The second kappa shape index (κ2) is 8.71. The minimum Gasteiger partial charge on any atom is -0.267 e. The van der Waals surface area contributed by atoms with Gasteiger partial charge in [-0.2, -0.15) is 10.2 Å². The Bertz CT molecular complexity index is 557. The van der Waals surface area contributed by atoms with E-state index in [4.69, 9.17) is 0 Å². The Hall–Kier alpha value is -2.50. The molecule has 2 amide bonds. The molecule has 2 N–H and O–H groups in total. The van der Waals surface area contributed by atoms with Gasteiger partial charge in [0.15, 0.2) is 0 Å². The predicted octanol–water partition coefficient (Wildman–Crippen LogP) is 2.72. The maximum atomic E-state index is 12.0. The molecule has 6 heteroatoms. The van der Waals surface area contributed by atoms with Gasteiger partial charge in [-0.05, 0) is 44.9 Å². The van der Waals surface area contributed by atoms with E-state index < -0.39 is 0 Å². The number of amides is 2. The van der Waals surface area contributed by atoms with Gasteiger partial charge >= 0.3 is 0 Å². The van der Waals surface area contributed by atoms with Crippen LogP contribution in [0.5, 0.6) is 0 Å². The third-order valence-electron chi connectivity index (χ3n) is 3.11. The Labute approximate surface area is 130 Å².